The van der Waals surface area contributed by atoms with E-state index in [2.05, 4.69) is 9.78 Å². The van der Waals surface area contributed by atoms with Crippen LogP contribution >= 0.6 is 0 Å². The fourth-order valence-corrected chi connectivity index (χ4v) is 0.426. The molecule has 0 unspecified atom stereocenters. The van der Waals surface area contributed by atoms with Gasteiger partial charge in [-0.05, 0) is 0 Å². The molecule has 42 valence electrons. The van der Waals surface area contributed by atoms with Gasteiger partial charge in [0.15, 0.2) is 0 Å². The van der Waals surface area contributed by atoms with Crippen molar-refractivity contribution in [2.75, 3.05) is 20.3 Å². The highest BCUT2D eigenvalue weighted by Crippen LogP contribution is 2.04. The average Bonchev–Trinajstić information content (AvgIpc) is 1.55. The lowest BCUT2D eigenvalue weighted by Gasteiger charge is -2.22. The van der Waals surface area contributed by atoms with E-state index in [4.69, 9.17) is 4.74 Å². The van der Waals surface area contributed by atoms with Gasteiger partial charge in [-0.3, -0.25) is 0 Å². The topological polar surface area (TPSA) is 27.7 Å². The molecule has 0 aromatic carbocycles. The summed E-state index contributed by atoms with van der Waals surface area (Å²) < 4.78 is 4.74. The van der Waals surface area contributed by atoms with Gasteiger partial charge in [0.25, 0.3) is 0 Å². The van der Waals surface area contributed by atoms with Gasteiger partial charge in [-0.1, -0.05) is 0 Å². The second-order valence-corrected chi connectivity index (χ2v) is 1.46. The van der Waals surface area contributed by atoms with E-state index < -0.39 is 0 Å². The first kappa shape index (κ1) is 5.03. The smallest absolute Gasteiger partial charge is 0.143 e. The van der Waals surface area contributed by atoms with Gasteiger partial charge in [0.1, 0.15) is 12.7 Å². The molecule has 1 atom stereocenters. The Morgan fingerprint density at radius 2 is 2.57 bits per heavy atom. The van der Waals surface area contributed by atoms with Gasteiger partial charge in [0.05, 0.1) is 6.61 Å². The van der Waals surface area contributed by atoms with E-state index >= 15 is 0 Å². The Morgan fingerprint density at radius 3 is 2.71 bits per heavy atom. The lowest BCUT2D eigenvalue weighted by Crippen LogP contribution is -2.34. The predicted molar refractivity (Wildman–Crippen MR) is 22.7 cm³/mol. The van der Waals surface area contributed by atoms with Crippen molar-refractivity contribution in [2.24, 2.45) is 0 Å². The Labute approximate surface area is 42.1 Å². The van der Waals surface area contributed by atoms with Crippen molar-refractivity contribution in [3.63, 3.8) is 0 Å². The Hall–Kier alpha value is -0.120. The Balaban J connectivity index is 1.93. The number of hydrogen-bond acceptors (Lipinski definition) is 3. The fraction of sp³-hybridized carbons (Fsp3) is 1.00. The van der Waals surface area contributed by atoms with Crippen LogP contribution in [0.2, 0.25) is 0 Å². The highest BCUT2D eigenvalue weighted by Gasteiger charge is 2.19. The Morgan fingerprint density at radius 1 is 1.86 bits per heavy atom. The summed E-state index contributed by atoms with van der Waals surface area (Å²) >= 11 is 0. The van der Waals surface area contributed by atoms with Crippen LogP contribution in [-0.2, 0) is 14.5 Å². The molecule has 3 nitrogen and oxygen atoms in total. The molecule has 1 rings (SSSR count). The van der Waals surface area contributed by atoms with Crippen LogP contribution in [0.1, 0.15) is 0 Å². The van der Waals surface area contributed by atoms with Crippen molar-refractivity contribution in [3.05, 3.63) is 0 Å². The summed E-state index contributed by atoms with van der Waals surface area (Å²) in [4.78, 5) is 8.95. The standard InChI is InChI=1S/C4H8O3/c1-5-2-4-3-6-7-4/h4H,2-3H2,1H3/t4-/m1/s1. The van der Waals surface area contributed by atoms with Gasteiger partial charge in [0.2, 0.25) is 0 Å². The van der Waals surface area contributed by atoms with Crippen molar-refractivity contribution < 1.29 is 14.5 Å². The summed E-state index contributed by atoms with van der Waals surface area (Å²) in [5.41, 5.74) is 0. The largest absolute Gasteiger partial charge is 0.382 e. The van der Waals surface area contributed by atoms with Gasteiger partial charge >= 0.3 is 0 Å². The third-order valence-corrected chi connectivity index (χ3v) is 0.811. The lowest BCUT2D eigenvalue weighted by molar-refractivity contribution is -0.428. The zero-order valence-electron chi connectivity index (χ0n) is 4.22. The van der Waals surface area contributed by atoms with Gasteiger partial charge < -0.3 is 4.74 Å². The molecule has 0 N–H and O–H groups in total. The molecule has 0 saturated carbocycles. The van der Waals surface area contributed by atoms with E-state index in [-0.39, 0.29) is 6.10 Å². The zero-order chi connectivity index (χ0) is 5.11. The first-order valence-corrected chi connectivity index (χ1v) is 2.20. The molecule has 1 aliphatic rings. The molecule has 0 aliphatic carbocycles. The molecule has 3 heteroatoms. The molecule has 0 bridgehead atoms. The molecule has 1 aliphatic heterocycles. The van der Waals surface area contributed by atoms with Crippen LogP contribution in [0, 0.1) is 0 Å². The van der Waals surface area contributed by atoms with E-state index in [1.165, 1.54) is 0 Å². The highest BCUT2D eigenvalue weighted by atomic mass is 17.2. The molecule has 0 amide bonds. The first-order chi connectivity index (χ1) is 3.43. The van der Waals surface area contributed by atoms with Crippen LogP contribution in [0.15, 0.2) is 0 Å². The monoisotopic (exact) mass is 104 g/mol. The summed E-state index contributed by atoms with van der Waals surface area (Å²) in [6.45, 7) is 1.31. The maximum atomic E-state index is 4.74. The van der Waals surface area contributed by atoms with Crippen molar-refractivity contribution in [1.82, 2.24) is 0 Å². The molecule has 1 saturated heterocycles. The van der Waals surface area contributed by atoms with Crippen LogP contribution in [-0.4, -0.2) is 26.4 Å². The van der Waals surface area contributed by atoms with E-state index in [1.807, 2.05) is 0 Å². The van der Waals surface area contributed by atoms with E-state index in [0.29, 0.717) is 13.2 Å². The minimum Gasteiger partial charge on any atom is -0.382 e. The summed E-state index contributed by atoms with van der Waals surface area (Å²) in [7, 11) is 1.64. The number of hydrogen-bond donors (Lipinski definition) is 0. The molecule has 0 aromatic heterocycles. The minimum atomic E-state index is 0.185. The van der Waals surface area contributed by atoms with Crippen LogP contribution in [0.5, 0.6) is 0 Å². The van der Waals surface area contributed by atoms with Crippen molar-refractivity contribution in [1.29, 1.82) is 0 Å². The predicted octanol–water partition coefficient (Wildman–Crippen LogP) is -0.0368. The van der Waals surface area contributed by atoms with Crippen molar-refractivity contribution >= 4 is 0 Å². The quantitative estimate of drug-likeness (QED) is 0.460. The molecular weight excluding hydrogens is 96.0 g/mol. The van der Waals surface area contributed by atoms with Crippen molar-refractivity contribution in [3.8, 4) is 0 Å². The van der Waals surface area contributed by atoms with Crippen LogP contribution in [0.3, 0.4) is 0 Å². The number of methoxy groups -OCH3 is 1. The zero-order valence-corrected chi connectivity index (χ0v) is 4.22. The van der Waals surface area contributed by atoms with E-state index in [9.17, 15) is 0 Å². The lowest BCUT2D eigenvalue weighted by atomic mass is 10.4. The normalized spacial score (nSPS) is 29.6. The molecule has 0 spiro atoms. The second kappa shape index (κ2) is 2.26. The second-order valence-electron chi connectivity index (χ2n) is 1.46. The maximum absolute atomic E-state index is 4.74. The van der Waals surface area contributed by atoms with Crippen LogP contribution in [0.25, 0.3) is 0 Å². The summed E-state index contributed by atoms with van der Waals surface area (Å²) in [5.74, 6) is 0. The van der Waals surface area contributed by atoms with Gasteiger partial charge in [-0.2, -0.15) is 0 Å². The first-order valence-electron chi connectivity index (χ1n) is 2.20. The summed E-state index contributed by atoms with van der Waals surface area (Å²) in [6.07, 6.45) is 0.185. The Bertz CT molecular complexity index is 50.9. The van der Waals surface area contributed by atoms with Gasteiger partial charge in [-0.25, -0.2) is 9.78 Å². The van der Waals surface area contributed by atoms with Crippen LogP contribution < -0.4 is 0 Å². The third kappa shape index (κ3) is 1.12. The molecule has 7 heavy (non-hydrogen) atoms. The Kier molecular flexibility index (Phi) is 1.62. The summed E-state index contributed by atoms with van der Waals surface area (Å²) in [6, 6.07) is 0. The van der Waals surface area contributed by atoms with E-state index in [1.54, 1.807) is 7.11 Å². The number of ether oxygens (including phenoxy) is 1. The van der Waals surface area contributed by atoms with Gasteiger partial charge in [0, 0.05) is 7.11 Å². The van der Waals surface area contributed by atoms with E-state index in [0.717, 1.165) is 0 Å². The summed E-state index contributed by atoms with van der Waals surface area (Å²) in [5, 5.41) is 0. The highest BCUT2D eigenvalue weighted by molar-refractivity contribution is 4.55. The van der Waals surface area contributed by atoms with Crippen molar-refractivity contribution in [2.45, 2.75) is 6.10 Å². The SMILES string of the molecule is COC[C@@H]1COO1. The molecule has 1 fully saturated rings. The number of rotatable bonds is 2. The maximum Gasteiger partial charge on any atom is 0.143 e. The molecule has 1 heterocycles. The third-order valence-electron chi connectivity index (χ3n) is 0.811. The molecule has 0 aromatic rings. The van der Waals surface area contributed by atoms with Gasteiger partial charge in [-0.15, -0.1) is 0 Å². The molecule has 0 radical (unpaired) electrons. The average molecular weight is 104 g/mol. The molecular formula is C4H8O3. The fourth-order valence-electron chi connectivity index (χ4n) is 0.426. The minimum absolute atomic E-state index is 0.185. The van der Waals surface area contributed by atoms with Crippen LogP contribution in [0.4, 0.5) is 0 Å².